The first-order valence-electron chi connectivity index (χ1n) is 8.34. The molecule has 0 amide bonds. The summed E-state index contributed by atoms with van der Waals surface area (Å²) in [6.45, 7) is 0.550. The van der Waals surface area contributed by atoms with Gasteiger partial charge in [0.15, 0.2) is 0 Å². The number of alkyl halides is 3. The van der Waals surface area contributed by atoms with Gasteiger partial charge >= 0.3 is 6.18 Å². The Morgan fingerprint density at radius 1 is 0.862 bits per heavy atom. The van der Waals surface area contributed by atoms with Gasteiger partial charge in [-0.15, -0.1) is 0 Å². The third-order valence-corrected chi connectivity index (χ3v) is 6.79. The summed E-state index contributed by atoms with van der Waals surface area (Å²) in [6.07, 6.45) is -3.40. The first-order chi connectivity index (χ1) is 13.5. The molecule has 2 aromatic rings. The second kappa shape index (κ2) is 7.67. The number of amidine groups is 1. The molecule has 0 saturated heterocycles. The fourth-order valence-corrected chi connectivity index (χ4v) is 4.79. The maximum atomic E-state index is 12.8. The van der Waals surface area contributed by atoms with Crippen LogP contribution in [0.5, 0.6) is 0 Å². The molecular formula is C17H16F3N3O4S2. The molecule has 0 atom stereocenters. The second-order valence-corrected chi connectivity index (χ2v) is 9.56. The Bertz CT molecular complexity index is 1140. The first-order valence-corrected chi connectivity index (χ1v) is 11.3. The molecular weight excluding hydrogens is 431 g/mol. The SMILES string of the molecule is O=S(=O)(NC1=NCCC1)c1ccc(NS(=O)(=O)c2cccc(C(F)(F)F)c2)cc1. The Balaban J connectivity index is 1.78. The molecule has 0 aliphatic carbocycles. The number of sulfonamides is 2. The molecule has 0 saturated carbocycles. The van der Waals surface area contributed by atoms with E-state index in [2.05, 4.69) is 14.4 Å². The molecule has 0 spiro atoms. The molecule has 0 aromatic heterocycles. The fourth-order valence-electron chi connectivity index (χ4n) is 2.59. The van der Waals surface area contributed by atoms with E-state index in [-0.39, 0.29) is 10.6 Å². The van der Waals surface area contributed by atoms with Crippen LogP contribution in [0.4, 0.5) is 18.9 Å². The van der Waals surface area contributed by atoms with Gasteiger partial charge in [-0.3, -0.25) is 14.4 Å². The third-order valence-electron chi connectivity index (χ3n) is 4.02. The number of rotatable bonds is 5. The Kier molecular flexibility index (Phi) is 5.59. The lowest BCUT2D eigenvalue weighted by atomic mass is 10.2. The van der Waals surface area contributed by atoms with Crippen molar-refractivity contribution >= 4 is 31.6 Å². The number of halogens is 3. The lowest BCUT2D eigenvalue weighted by Crippen LogP contribution is -2.29. The van der Waals surface area contributed by atoms with Crippen molar-refractivity contribution in [3.63, 3.8) is 0 Å². The predicted octanol–water partition coefficient (Wildman–Crippen LogP) is 2.98. The number of hydrogen-bond acceptors (Lipinski definition) is 5. The molecule has 0 unspecified atom stereocenters. The van der Waals surface area contributed by atoms with Gasteiger partial charge in [-0.05, 0) is 48.9 Å². The molecule has 156 valence electrons. The van der Waals surface area contributed by atoms with Crippen LogP contribution in [0.2, 0.25) is 0 Å². The van der Waals surface area contributed by atoms with Crippen molar-refractivity contribution in [2.75, 3.05) is 11.3 Å². The van der Waals surface area contributed by atoms with Crippen LogP contribution >= 0.6 is 0 Å². The van der Waals surface area contributed by atoms with Crippen molar-refractivity contribution in [2.24, 2.45) is 4.99 Å². The third kappa shape index (κ3) is 5.07. The van der Waals surface area contributed by atoms with Gasteiger partial charge in [0.05, 0.1) is 15.4 Å². The zero-order valence-electron chi connectivity index (χ0n) is 14.8. The Labute approximate surface area is 165 Å². The predicted molar refractivity (Wildman–Crippen MR) is 101 cm³/mol. The van der Waals surface area contributed by atoms with Gasteiger partial charge < -0.3 is 0 Å². The lowest BCUT2D eigenvalue weighted by Gasteiger charge is -2.12. The van der Waals surface area contributed by atoms with Crippen LogP contribution in [0.3, 0.4) is 0 Å². The van der Waals surface area contributed by atoms with E-state index in [1.54, 1.807) is 0 Å². The molecule has 1 heterocycles. The first kappa shape index (κ1) is 21.1. The van der Waals surface area contributed by atoms with Gasteiger partial charge in [0.1, 0.15) is 5.84 Å². The van der Waals surface area contributed by atoms with Crippen LogP contribution in [-0.2, 0) is 26.2 Å². The van der Waals surface area contributed by atoms with E-state index < -0.39 is 36.7 Å². The number of aliphatic imine (C=N–C) groups is 1. The minimum absolute atomic E-state index is 0.000399. The van der Waals surface area contributed by atoms with E-state index in [1.165, 1.54) is 24.3 Å². The van der Waals surface area contributed by atoms with Crippen molar-refractivity contribution in [3.05, 3.63) is 54.1 Å². The van der Waals surface area contributed by atoms with E-state index >= 15 is 0 Å². The van der Waals surface area contributed by atoms with E-state index in [1.807, 2.05) is 0 Å². The molecule has 0 fully saturated rings. The standard InChI is InChI=1S/C17H16F3N3O4S2/c18-17(19,20)12-3-1-4-15(11-12)29(26,27)22-13-6-8-14(9-7-13)28(24,25)23-16-5-2-10-21-16/h1,3-4,6-9,11,22H,2,5,10H2,(H,21,23). The lowest BCUT2D eigenvalue weighted by molar-refractivity contribution is -0.137. The van der Waals surface area contributed by atoms with E-state index in [9.17, 15) is 30.0 Å². The van der Waals surface area contributed by atoms with Crippen LogP contribution < -0.4 is 9.44 Å². The largest absolute Gasteiger partial charge is 0.416 e. The monoisotopic (exact) mass is 447 g/mol. The highest BCUT2D eigenvalue weighted by atomic mass is 32.2. The summed E-state index contributed by atoms with van der Waals surface area (Å²) in [7, 11) is -8.16. The summed E-state index contributed by atoms with van der Waals surface area (Å²) in [5.74, 6) is 0.360. The number of anilines is 1. The highest BCUT2D eigenvalue weighted by Gasteiger charge is 2.31. The summed E-state index contributed by atoms with van der Waals surface area (Å²) in [5, 5.41) is 0. The van der Waals surface area contributed by atoms with Crippen LogP contribution in [0.1, 0.15) is 18.4 Å². The number of nitrogens with zero attached hydrogens (tertiary/aromatic N) is 1. The maximum absolute atomic E-state index is 12.8. The molecule has 7 nitrogen and oxygen atoms in total. The Hall–Kier alpha value is -2.60. The molecule has 1 aliphatic rings. The fraction of sp³-hybridized carbons (Fsp3) is 0.235. The van der Waals surface area contributed by atoms with E-state index in [0.29, 0.717) is 24.9 Å². The van der Waals surface area contributed by atoms with Crippen LogP contribution in [0.25, 0.3) is 0 Å². The summed E-state index contributed by atoms with van der Waals surface area (Å²) in [4.78, 5) is 3.36. The highest BCUT2D eigenvalue weighted by molar-refractivity contribution is 7.92. The Morgan fingerprint density at radius 3 is 2.10 bits per heavy atom. The van der Waals surface area contributed by atoms with Crippen LogP contribution in [-0.4, -0.2) is 29.2 Å². The van der Waals surface area contributed by atoms with Crippen molar-refractivity contribution < 1.29 is 30.0 Å². The van der Waals surface area contributed by atoms with E-state index in [0.717, 1.165) is 24.6 Å². The molecule has 0 bridgehead atoms. The zero-order chi connectivity index (χ0) is 21.3. The summed E-state index contributed by atoms with van der Waals surface area (Å²) >= 11 is 0. The molecule has 29 heavy (non-hydrogen) atoms. The van der Waals surface area contributed by atoms with Gasteiger partial charge in [0.2, 0.25) is 0 Å². The van der Waals surface area contributed by atoms with Gasteiger partial charge in [-0.2, -0.15) is 13.2 Å². The molecule has 1 aliphatic heterocycles. The number of benzene rings is 2. The van der Waals surface area contributed by atoms with Crippen LogP contribution in [0.15, 0.2) is 63.3 Å². The van der Waals surface area contributed by atoms with Crippen molar-refractivity contribution in [1.82, 2.24) is 4.72 Å². The van der Waals surface area contributed by atoms with E-state index in [4.69, 9.17) is 0 Å². The van der Waals surface area contributed by atoms with Crippen molar-refractivity contribution in [2.45, 2.75) is 28.8 Å². The number of nitrogens with one attached hydrogen (secondary N) is 2. The minimum Gasteiger partial charge on any atom is -0.280 e. The van der Waals surface area contributed by atoms with Gasteiger partial charge in [-0.1, -0.05) is 6.07 Å². The molecule has 3 rings (SSSR count). The van der Waals surface area contributed by atoms with Gasteiger partial charge in [-0.25, -0.2) is 16.8 Å². The normalized spacial score (nSPS) is 15.1. The molecule has 2 aromatic carbocycles. The van der Waals surface area contributed by atoms with Gasteiger partial charge in [0.25, 0.3) is 20.0 Å². The molecule has 0 radical (unpaired) electrons. The van der Waals surface area contributed by atoms with Crippen LogP contribution in [0, 0.1) is 0 Å². The van der Waals surface area contributed by atoms with Crippen molar-refractivity contribution in [3.8, 4) is 0 Å². The van der Waals surface area contributed by atoms with Gasteiger partial charge in [0, 0.05) is 18.7 Å². The summed E-state index contributed by atoms with van der Waals surface area (Å²) in [5.41, 5.74) is -1.10. The summed E-state index contributed by atoms with van der Waals surface area (Å²) < 4.78 is 92.2. The average molecular weight is 447 g/mol. The quantitative estimate of drug-likeness (QED) is 0.735. The number of hydrogen-bond donors (Lipinski definition) is 2. The zero-order valence-corrected chi connectivity index (χ0v) is 16.4. The molecule has 12 heteroatoms. The Morgan fingerprint density at radius 2 is 1.52 bits per heavy atom. The van der Waals surface area contributed by atoms with Crippen molar-refractivity contribution in [1.29, 1.82) is 0 Å². The topological polar surface area (TPSA) is 105 Å². The highest BCUT2D eigenvalue weighted by Crippen LogP contribution is 2.31. The smallest absolute Gasteiger partial charge is 0.280 e. The maximum Gasteiger partial charge on any atom is 0.416 e. The summed E-state index contributed by atoms with van der Waals surface area (Å²) in [6, 6.07) is 8.08. The molecule has 2 N–H and O–H groups in total. The minimum atomic E-state index is -4.68. The second-order valence-electron chi connectivity index (χ2n) is 6.19. The average Bonchev–Trinajstić information content (AvgIpc) is 3.13.